The van der Waals surface area contributed by atoms with E-state index in [0.717, 1.165) is 18.7 Å². The van der Waals surface area contributed by atoms with Gasteiger partial charge in [-0.25, -0.2) is 4.39 Å². The van der Waals surface area contributed by atoms with E-state index in [9.17, 15) is 9.18 Å². The Morgan fingerprint density at radius 3 is 2.52 bits per heavy atom. The van der Waals surface area contributed by atoms with Crippen LogP contribution in [0.4, 0.5) is 4.39 Å². The number of benzene rings is 1. The molecule has 0 spiro atoms. The summed E-state index contributed by atoms with van der Waals surface area (Å²) in [6.07, 6.45) is -0.502. The summed E-state index contributed by atoms with van der Waals surface area (Å²) in [5.74, 6) is 0.0202. The van der Waals surface area contributed by atoms with Crippen LogP contribution in [0.3, 0.4) is 0 Å². The number of amides is 1. The second-order valence-electron chi connectivity index (χ2n) is 5.14. The van der Waals surface area contributed by atoms with Crippen LogP contribution >= 0.6 is 0 Å². The number of halogens is 1. The van der Waals surface area contributed by atoms with E-state index in [0.29, 0.717) is 18.7 Å². The summed E-state index contributed by atoms with van der Waals surface area (Å²) in [5, 5.41) is 3.21. The average molecular weight is 295 g/mol. The van der Waals surface area contributed by atoms with Gasteiger partial charge in [-0.1, -0.05) is 12.1 Å². The minimum absolute atomic E-state index is 0.0202. The van der Waals surface area contributed by atoms with Crippen molar-refractivity contribution in [3.05, 3.63) is 35.4 Å². The lowest BCUT2D eigenvalue weighted by Crippen LogP contribution is -2.46. The number of piperazine rings is 1. The van der Waals surface area contributed by atoms with Gasteiger partial charge in [-0.2, -0.15) is 0 Å². The molecule has 3 N–H and O–H groups in total. The summed E-state index contributed by atoms with van der Waals surface area (Å²) in [4.78, 5) is 14.1. The third kappa shape index (κ3) is 3.78. The molecule has 1 aromatic carbocycles. The number of carbonyl (C=O) groups is 1. The third-order valence-electron chi connectivity index (χ3n) is 3.71. The minimum atomic E-state index is -0.704. The van der Waals surface area contributed by atoms with Crippen LogP contribution in [0.1, 0.15) is 22.0 Å². The third-order valence-corrected chi connectivity index (χ3v) is 3.71. The number of ether oxygens (including phenoxy) is 1. The van der Waals surface area contributed by atoms with Gasteiger partial charge in [0, 0.05) is 38.9 Å². The van der Waals surface area contributed by atoms with Crippen LogP contribution in [0.25, 0.3) is 0 Å². The zero-order chi connectivity index (χ0) is 15.2. The molecule has 2 rings (SSSR count). The fourth-order valence-corrected chi connectivity index (χ4v) is 2.50. The summed E-state index contributed by atoms with van der Waals surface area (Å²) >= 11 is 0. The number of nitrogens with two attached hydrogens (primary N) is 1. The van der Waals surface area contributed by atoms with Gasteiger partial charge >= 0.3 is 0 Å². The number of alkyl halides is 1. The number of hydrogen-bond donors (Lipinski definition) is 2. The van der Waals surface area contributed by atoms with Crippen molar-refractivity contribution in [1.82, 2.24) is 10.2 Å². The van der Waals surface area contributed by atoms with E-state index < -0.39 is 18.8 Å². The molecule has 21 heavy (non-hydrogen) atoms. The first-order chi connectivity index (χ1) is 10.2. The van der Waals surface area contributed by atoms with E-state index in [1.807, 2.05) is 4.90 Å². The van der Waals surface area contributed by atoms with Gasteiger partial charge in [-0.3, -0.25) is 4.79 Å². The molecular formula is C15H22FN3O2. The number of carbonyl (C=O) groups excluding carboxylic acids is 1. The Bertz CT molecular complexity index is 460. The minimum Gasteiger partial charge on any atom is -0.375 e. The maximum Gasteiger partial charge on any atom is 0.253 e. The largest absolute Gasteiger partial charge is 0.375 e. The highest BCUT2D eigenvalue weighted by atomic mass is 19.1. The van der Waals surface area contributed by atoms with Crippen LogP contribution in [0, 0.1) is 0 Å². The van der Waals surface area contributed by atoms with Crippen LogP contribution in [-0.2, 0) is 4.74 Å². The van der Waals surface area contributed by atoms with Gasteiger partial charge in [0.15, 0.2) is 0 Å². The Morgan fingerprint density at radius 2 is 2.00 bits per heavy atom. The second kappa shape index (κ2) is 7.49. The molecule has 0 saturated carbocycles. The van der Waals surface area contributed by atoms with Gasteiger partial charge in [0.05, 0.1) is 12.1 Å². The predicted molar refractivity (Wildman–Crippen MR) is 78.9 cm³/mol. The van der Waals surface area contributed by atoms with Crippen molar-refractivity contribution >= 4 is 5.91 Å². The van der Waals surface area contributed by atoms with Gasteiger partial charge in [-0.15, -0.1) is 0 Å². The molecule has 1 amide bonds. The highest BCUT2D eigenvalue weighted by Gasteiger charge is 2.21. The summed E-state index contributed by atoms with van der Waals surface area (Å²) in [6.45, 7) is 2.42. The molecule has 0 aromatic heterocycles. The molecule has 1 aromatic rings. The van der Waals surface area contributed by atoms with E-state index in [1.54, 1.807) is 24.3 Å². The van der Waals surface area contributed by atoms with E-state index in [2.05, 4.69) is 5.32 Å². The second-order valence-corrected chi connectivity index (χ2v) is 5.14. The molecule has 6 heteroatoms. The Labute approximate surface area is 124 Å². The molecule has 0 aliphatic carbocycles. The van der Waals surface area contributed by atoms with Crippen molar-refractivity contribution in [1.29, 1.82) is 0 Å². The SMILES string of the molecule is COC(c1ccc(C(=O)N2CCNCC2)cc1)C(N)CF. The molecular weight excluding hydrogens is 273 g/mol. The Morgan fingerprint density at radius 1 is 1.38 bits per heavy atom. The Kier molecular flexibility index (Phi) is 5.67. The van der Waals surface area contributed by atoms with Crippen molar-refractivity contribution in [3.8, 4) is 0 Å². The molecule has 2 unspecified atom stereocenters. The maximum atomic E-state index is 12.7. The summed E-state index contributed by atoms with van der Waals surface area (Å²) in [6, 6.07) is 6.34. The lowest BCUT2D eigenvalue weighted by atomic mass is 10.0. The van der Waals surface area contributed by atoms with Crippen molar-refractivity contribution in [3.63, 3.8) is 0 Å². The molecule has 116 valence electrons. The Balaban J connectivity index is 2.08. The lowest BCUT2D eigenvalue weighted by molar-refractivity contribution is 0.0713. The van der Waals surface area contributed by atoms with Gasteiger partial charge < -0.3 is 20.7 Å². The first kappa shape index (κ1) is 15.9. The zero-order valence-corrected chi connectivity index (χ0v) is 12.2. The topological polar surface area (TPSA) is 67.6 Å². The molecule has 0 bridgehead atoms. The van der Waals surface area contributed by atoms with Crippen LogP contribution in [-0.4, -0.2) is 56.8 Å². The highest BCUT2D eigenvalue weighted by molar-refractivity contribution is 5.94. The normalized spacial score (nSPS) is 18.3. The molecule has 1 aliphatic heterocycles. The van der Waals surface area contributed by atoms with Crippen molar-refractivity contribution in [2.24, 2.45) is 5.73 Å². The summed E-state index contributed by atoms with van der Waals surface area (Å²) < 4.78 is 17.9. The van der Waals surface area contributed by atoms with Crippen molar-refractivity contribution in [2.75, 3.05) is 40.0 Å². The van der Waals surface area contributed by atoms with E-state index in [1.165, 1.54) is 7.11 Å². The fraction of sp³-hybridized carbons (Fsp3) is 0.533. The number of hydrogen-bond acceptors (Lipinski definition) is 4. The van der Waals surface area contributed by atoms with Crippen LogP contribution in [0.5, 0.6) is 0 Å². The number of methoxy groups -OCH3 is 1. The summed E-state index contributed by atoms with van der Waals surface area (Å²) in [5.41, 5.74) is 7.10. The first-order valence-corrected chi connectivity index (χ1v) is 7.11. The van der Waals surface area contributed by atoms with Crippen LogP contribution in [0.15, 0.2) is 24.3 Å². The van der Waals surface area contributed by atoms with Crippen molar-refractivity contribution in [2.45, 2.75) is 12.1 Å². The van der Waals surface area contributed by atoms with Gasteiger partial charge in [0.1, 0.15) is 6.67 Å². The lowest BCUT2D eigenvalue weighted by Gasteiger charge is -2.27. The fourth-order valence-electron chi connectivity index (χ4n) is 2.50. The molecule has 5 nitrogen and oxygen atoms in total. The first-order valence-electron chi connectivity index (χ1n) is 7.11. The molecule has 0 radical (unpaired) electrons. The van der Waals surface area contributed by atoms with E-state index in [-0.39, 0.29) is 5.91 Å². The summed E-state index contributed by atoms with van der Waals surface area (Å²) in [7, 11) is 1.50. The number of nitrogens with one attached hydrogen (secondary N) is 1. The van der Waals surface area contributed by atoms with Gasteiger partial charge in [0.2, 0.25) is 0 Å². The zero-order valence-electron chi connectivity index (χ0n) is 12.2. The van der Waals surface area contributed by atoms with Gasteiger partial charge in [0.25, 0.3) is 5.91 Å². The number of nitrogens with zero attached hydrogens (tertiary/aromatic N) is 1. The monoisotopic (exact) mass is 295 g/mol. The van der Waals surface area contributed by atoms with Crippen LogP contribution in [0.2, 0.25) is 0 Å². The Hall–Kier alpha value is -1.50. The smallest absolute Gasteiger partial charge is 0.253 e. The standard InChI is InChI=1S/C15H22FN3O2/c1-21-14(13(17)10-16)11-2-4-12(5-3-11)15(20)19-8-6-18-7-9-19/h2-5,13-14,18H,6-10,17H2,1H3. The van der Waals surface area contributed by atoms with Crippen molar-refractivity contribution < 1.29 is 13.9 Å². The van der Waals surface area contributed by atoms with Gasteiger partial charge in [-0.05, 0) is 17.7 Å². The average Bonchev–Trinajstić information content (AvgIpc) is 2.56. The van der Waals surface area contributed by atoms with E-state index >= 15 is 0 Å². The maximum absolute atomic E-state index is 12.7. The molecule has 1 aliphatic rings. The number of rotatable bonds is 5. The van der Waals surface area contributed by atoms with Crippen LogP contribution < -0.4 is 11.1 Å². The quantitative estimate of drug-likeness (QED) is 0.840. The molecule has 1 saturated heterocycles. The predicted octanol–water partition coefficient (Wildman–Crippen LogP) is 0.716. The highest BCUT2D eigenvalue weighted by Crippen LogP contribution is 2.21. The van der Waals surface area contributed by atoms with E-state index in [4.69, 9.17) is 10.5 Å². The molecule has 1 fully saturated rings. The molecule has 2 atom stereocenters. The molecule has 1 heterocycles.